The van der Waals surface area contributed by atoms with Gasteiger partial charge in [-0.2, -0.15) is 0 Å². The van der Waals surface area contributed by atoms with Gasteiger partial charge in [0.2, 0.25) is 0 Å². The van der Waals surface area contributed by atoms with E-state index in [0.717, 1.165) is 11.3 Å². The van der Waals surface area contributed by atoms with Crippen LogP contribution in [0.1, 0.15) is 56.1 Å². The molecule has 4 rings (SSSR count). The standard InChI is InChI=1S/C26H27NO4/c1-3-12-31-26(30)23-16(2)27-21-14-19(17-8-5-4-6-9-17)15-22(29)25(21)24(23)18-10-7-11-20(28)13-18/h4-11,13,19,24,27-28H,3,12,14-15H2,1-2H3/t19-,24-/m1/s1. The second-order valence-electron chi connectivity index (χ2n) is 8.16. The van der Waals surface area contributed by atoms with E-state index >= 15 is 0 Å². The minimum absolute atomic E-state index is 0.0178. The zero-order chi connectivity index (χ0) is 22.0. The van der Waals surface area contributed by atoms with Crippen LogP contribution in [0.4, 0.5) is 0 Å². The molecule has 1 aliphatic carbocycles. The summed E-state index contributed by atoms with van der Waals surface area (Å²) in [6.07, 6.45) is 1.79. The van der Waals surface area contributed by atoms with Gasteiger partial charge in [0.15, 0.2) is 5.78 Å². The zero-order valence-corrected chi connectivity index (χ0v) is 17.9. The van der Waals surface area contributed by atoms with E-state index in [9.17, 15) is 14.7 Å². The Morgan fingerprint density at radius 2 is 1.84 bits per heavy atom. The van der Waals surface area contributed by atoms with Crippen LogP contribution in [0.3, 0.4) is 0 Å². The van der Waals surface area contributed by atoms with Gasteiger partial charge < -0.3 is 15.2 Å². The maximum absolute atomic E-state index is 13.4. The molecule has 2 atom stereocenters. The summed E-state index contributed by atoms with van der Waals surface area (Å²) in [6.45, 7) is 4.10. The first kappa shape index (κ1) is 20.9. The maximum Gasteiger partial charge on any atom is 0.336 e. The van der Waals surface area contributed by atoms with E-state index in [0.29, 0.717) is 48.3 Å². The molecule has 2 aliphatic rings. The van der Waals surface area contributed by atoms with Crippen molar-refractivity contribution >= 4 is 11.8 Å². The number of esters is 1. The second kappa shape index (κ2) is 8.80. The van der Waals surface area contributed by atoms with Crippen molar-refractivity contribution in [1.82, 2.24) is 5.32 Å². The summed E-state index contributed by atoms with van der Waals surface area (Å²) in [6, 6.07) is 16.8. The molecule has 5 heteroatoms. The fourth-order valence-corrected chi connectivity index (χ4v) is 4.58. The summed E-state index contributed by atoms with van der Waals surface area (Å²) < 4.78 is 5.46. The Labute approximate surface area is 182 Å². The number of nitrogens with one attached hydrogen (secondary N) is 1. The quantitative estimate of drug-likeness (QED) is 0.690. The molecule has 0 radical (unpaired) electrons. The number of ether oxygens (including phenoxy) is 1. The van der Waals surface area contributed by atoms with Crippen LogP contribution >= 0.6 is 0 Å². The number of allylic oxidation sites excluding steroid dienone is 3. The Kier molecular flexibility index (Phi) is 5.94. The van der Waals surface area contributed by atoms with Crippen LogP contribution in [0.2, 0.25) is 0 Å². The molecular formula is C26H27NO4. The number of benzene rings is 2. The molecule has 5 nitrogen and oxygen atoms in total. The summed E-state index contributed by atoms with van der Waals surface area (Å²) >= 11 is 0. The van der Waals surface area contributed by atoms with Crippen molar-refractivity contribution < 1.29 is 19.4 Å². The van der Waals surface area contributed by atoms with Crippen LogP contribution in [-0.2, 0) is 14.3 Å². The van der Waals surface area contributed by atoms with E-state index in [4.69, 9.17) is 4.74 Å². The Morgan fingerprint density at radius 1 is 1.10 bits per heavy atom. The predicted octanol–water partition coefficient (Wildman–Crippen LogP) is 4.71. The number of hydrogen-bond acceptors (Lipinski definition) is 5. The van der Waals surface area contributed by atoms with Gasteiger partial charge in [0, 0.05) is 29.3 Å². The molecule has 1 aliphatic heterocycles. The first-order valence-corrected chi connectivity index (χ1v) is 10.7. The molecule has 1 heterocycles. The normalized spacial score (nSPS) is 20.9. The summed E-state index contributed by atoms with van der Waals surface area (Å²) in [7, 11) is 0. The Balaban J connectivity index is 1.79. The minimum atomic E-state index is -0.558. The number of ketones is 1. The monoisotopic (exact) mass is 417 g/mol. The van der Waals surface area contributed by atoms with Gasteiger partial charge in [-0.3, -0.25) is 4.79 Å². The molecule has 2 aromatic rings. The van der Waals surface area contributed by atoms with Gasteiger partial charge in [-0.15, -0.1) is 0 Å². The van der Waals surface area contributed by atoms with Crippen molar-refractivity contribution in [2.75, 3.05) is 6.61 Å². The lowest BCUT2D eigenvalue weighted by Crippen LogP contribution is -2.36. The minimum Gasteiger partial charge on any atom is -0.508 e. The molecule has 0 amide bonds. The summed E-state index contributed by atoms with van der Waals surface area (Å²) in [4.78, 5) is 26.4. The van der Waals surface area contributed by atoms with Crippen LogP contribution in [0.15, 0.2) is 77.1 Å². The first-order chi connectivity index (χ1) is 15.0. The number of carbonyl (C=O) groups is 2. The van der Waals surface area contributed by atoms with Crippen LogP contribution in [0, 0.1) is 0 Å². The summed E-state index contributed by atoms with van der Waals surface area (Å²) in [5.74, 6) is -0.778. The van der Waals surface area contributed by atoms with Gasteiger partial charge in [0.25, 0.3) is 0 Å². The van der Waals surface area contributed by atoms with Crippen LogP contribution in [0.25, 0.3) is 0 Å². The molecular weight excluding hydrogens is 390 g/mol. The molecule has 160 valence electrons. The van der Waals surface area contributed by atoms with Gasteiger partial charge >= 0.3 is 5.97 Å². The van der Waals surface area contributed by atoms with Crippen molar-refractivity contribution in [3.05, 3.63) is 88.3 Å². The third-order valence-corrected chi connectivity index (χ3v) is 5.96. The molecule has 0 saturated heterocycles. The topological polar surface area (TPSA) is 75.6 Å². The number of Topliss-reactive ketones (excluding diaryl/α,β-unsaturated/α-hetero) is 1. The van der Waals surface area contributed by atoms with E-state index in [1.165, 1.54) is 0 Å². The Bertz CT molecular complexity index is 1070. The molecule has 2 aromatic carbocycles. The number of carbonyl (C=O) groups excluding carboxylic acids is 2. The van der Waals surface area contributed by atoms with Crippen molar-refractivity contribution in [3.8, 4) is 5.75 Å². The number of rotatable bonds is 5. The van der Waals surface area contributed by atoms with E-state index in [1.807, 2.05) is 38.1 Å². The maximum atomic E-state index is 13.4. The van der Waals surface area contributed by atoms with Crippen LogP contribution in [0.5, 0.6) is 5.75 Å². The highest BCUT2D eigenvalue weighted by Crippen LogP contribution is 2.46. The third-order valence-electron chi connectivity index (χ3n) is 5.96. The lowest BCUT2D eigenvalue weighted by atomic mass is 9.71. The number of phenols is 1. The van der Waals surface area contributed by atoms with Gasteiger partial charge in [0.05, 0.1) is 12.2 Å². The number of aromatic hydroxyl groups is 1. The zero-order valence-electron chi connectivity index (χ0n) is 17.9. The highest BCUT2D eigenvalue weighted by molar-refractivity contribution is 6.04. The molecule has 0 saturated carbocycles. The average molecular weight is 418 g/mol. The molecule has 0 fully saturated rings. The number of phenolic OH excluding ortho intramolecular Hbond substituents is 1. The van der Waals surface area contributed by atoms with Gasteiger partial charge in [0.1, 0.15) is 5.75 Å². The molecule has 0 unspecified atom stereocenters. The molecule has 0 bridgehead atoms. The van der Waals surface area contributed by atoms with E-state index in [2.05, 4.69) is 17.4 Å². The molecule has 0 aromatic heterocycles. The van der Waals surface area contributed by atoms with Crippen molar-refractivity contribution in [2.45, 2.75) is 44.9 Å². The third kappa shape index (κ3) is 4.13. The van der Waals surface area contributed by atoms with Crippen LogP contribution in [-0.4, -0.2) is 23.5 Å². The fraction of sp³-hybridized carbons (Fsp3) is 0.308. The average Bonchev–Trinajstić information content (AvgIpc) is 2.77. The van der Waals surface area contributed by atoms with Crippen molar-refractivity contribution in [1.29, 1.82) is 0 Å². The van der Waals surface area contributed by atoms with E-state index < -0.39 is 11.9 Å². The summed E-state index contributed by atoms with van der Waals surface area (Å²) in [5, 5.41) is 13.4. The second-order valence-corrected chi connectivity index (χ2v) is 8.16. The molecule has 31 heavy (non-hydrogen) atoms. The number of dihydropyridines is 1. The largest absolute Gasteiger partial charge is 0.508 e. The van der Waals surface area contributed by atoms with Gasteiger partial charge in [-0.05, 0) is 48.9 Å². The van der Waals surface area contributed by atoms with Crippen molar-refractivity contribution in [2.24, 2.45) is 0 Å². The predicted molar refractivity (Wildman–Crippen MR) is 118 cm³/mol. The Morgan fingerprint density at radius 3 is 2.55 bits per heavy atom. The Hall–Kier alpha value is -3.34. The van der Waals surface area contributed by atoms with E-state index in [-0.39, 0.29) is 17.5 Å². The highest BCUT2D eigenvalue weighted by atomic mass is 16.5. The van der Waals surface area contributed by atoms with Crippen molar-refractivity contribution in [3.63, 3.8) is 0 Å². The SMILES string of the molecule is CCCOC(=O)C1=C(C)NC2=C(C(=O)C[C@H](c3ccccc3)C2)[C@@H]1c1cccc(O)c1. The lowest BCUT2D eigenvalue weighted by Gasteiger charge is -2.36. The smallest absolute Gasteiger partial charge is 0.336 e. The molecule has 2 N–H and O–H groups in total. The van der Waals surface area contributed by atoms with Gasteiger partial charge in [-0.25, -0.2) is 4.79 Å². The number of hydrogen-bond donors (Lipinski definition) is 2. The first-order valence-electron chi connectivity index (χ1n) is 10.7. The van der Waals surface area contributed by atoms with E-state index in [1.54, 1.807) is 18.2 Å². The molecule has 0 spiro atoms. The van der Waals surface area contributed by atoms with Gasteiger partial charge in [-0.1, -0.05) is 49.4 Å². The fourth-order valence-electron chi connectivity index (χ4n) is 4.58. The van der Waals surface area contributed by atoms with Crippen LogP contribution < -0.4 is 5.32 Å². The lowest BCUT2D eigenvalue weighted by molar-refractivity contribution is -0.139. The summed E-state index contributed by atoms with van der Waals surface area (Å²) in [5.41, 5.74) is 4.42. The highest BCUT2D eigenvalue weighted by Gasteiger charge is 2.41.